The van der Waals surface area contributed by atoms with Crippen LogP contribution in [0.15, 0.2) is 41.5 Å². The molecule has 20 heavy (non-hydrogen) atoms. The van der Waals surface area contributed by atoms with Crippen LogP contribution in [-0.2, 0) is 4.79 Å². The zero-order valence-electron chi connectivity index (χ0n) is 12.4. The van der Waals surface area contributed by atoms with Gasteiger partial charge in [-0.3, -0.25) is 4.79 Å². The van der Waals surface area contributed by atoms with Crippen molar-refractivity contribution in [3.63, 3.8) is 0 Å². The van der Waals surface area contributed by atoms with Gasteiger partial charge in [-0.05, 0) is 50.0 Å². The predicted octanol–water partition coefficient (Wildman–Crippen LogP) is 4.16. The molecule has 0 aliphatic carbocycles. The van der Waals surface area contributed by atoms with E-state index in [0.717, 1.165) is 24.8 Å². The summed E-state index contributed by atoms with van der Waals surface area (Å²) in [5, 5.41) is 16.1. The quantitative estimate of drug-likeness (QED) is 0.324. The summed E-state index contributed by atoms with van der Waals surface area (Å²) >= 11 is 0. The van der Waals surface area contributed by atoms with Gasteiger partial charge in [-0.15, -0.1) is 0 Å². The van der Waals surface area contributed by atoms with Crippen molar-refractivity contribution in [3.05, 3.63) is 47.2 Å². The fourth-order valence-corrected chi connectivity index (χ4v) is 1.66. The van der Waals surface area contributed by atoms with Gasteiger partial charge in [0.1, 0.15) is 0 Å². The molecule has 1 rings (SSSR count). The number of hydrogen-bond donors (Lipinski definition) is 0. The molecule has 0 heterocycles. The highest BCUT2D eigenvalue weighted by Crippen LogP contribution is 2.17. The van der Waals surface area contributed by atoms with Crippen LogP contribution in [0.3, 0.4) is 0 Å². The monoisotopic (exact) mass is 274 g/mol. The van der Waals surface area contributed by atoms with Crippen molar-refractivity contribution >= 4 is 11.5 Å². The van der Waals surface area contributed by atoms with Crippen molar-refractivity contribution in [2.45, 2.75) is 46.1 Å². The number of nitrogens with zero attached hydrogens (tertiary/aromatic N) is 2. The second-order valence-electron chi connectivity index (χ2n) is 4.77. The zero-order chi connectivity index (χ0) is 15.0. The summed E-state index contributed by atoms with van der Waals surface area (Å²) in [6.07, 6.45) is 4.80. The lowest BCUT2D eigenvalue weighted by Gasteiger charge is -2.07. The molecule has 0 aliphatic heterocycles. The predicted molar refractivity (Wildman–Crippen MR) is 80.1 cm³/mol. The Bertz CT molecular complexity index is 492. The van der Waals surface area contributed by atoms with Gasteiger partial charge in [0, 0.05) is 5.56 Å². The Hall–Kier alpha value is -1.97. The summed E-state index contributed by atoms with van der Waals surface area (Å²) in [5.41, 5.74) is 1.32. The molecule has 1 aromatic rings. The molecular weight excluding hydrogens is 252 g/mol. The van der Waals surface area contributed by atoms with Crippen LogP contribution in [-0.4, -0.2) is 16.7 Å². The number of Topliss-reactive ketones (excluding diaryl/α,β-unsaturated/α-hetero) is 1. The van der Waals surface area contributed by atoms with Gasteiger partial charge in [-0.2, -0.15) is 0 Å². The number of ketones is 1. The molecule has 108 valence electrons. The molecule has 4 nitrogen and oxygen atoms in total. The molecular formula is C16H22N2O2. The average Bonchev–Trinajstić information content (AvgIpc) is 2.44. The molecule has 0 N–H and O–H groups in total. The van der Waals surface area contributed by atoms with Gasteiger partial charge in [0.05, 0.1) is 0 Å². The van der Waals surface area contributed by atoms with Crippen LogP contribution in [0.1, 0.15) is 45.6 Å². The van der Waals surface area contributed by atoms with E-state index in [1.807, 2.05) is 36.4 Å². The molecule has 0 saturated heterocycles. The Morgan fingerprint density at radius 3 is 2.60 bits per heavy atom. The van der Waals surface area contributed by atoms with Crippen molar-refractivity contribution in [1.82, 2.24) is 0 Å². The summed E-state index contributed by atoms with van der Waals surface area (Å²) in [6.45, 7) is 5.17. The second kappa shape index (κ2) is 8.25. The number of benzene rings is 1. The molecule has 0 aromatic heterocycles. The Morgan fingerprint density at radius 1 is 1.40 bits per heavy atom. The van der Waals surface area contributed by atoms with E-state index in [9.17, 15) is 10.0 Å². The van der Waals surface area contributed by atoms with Gasteiger partial charge in [-0.1, -0.05) is 36.4 Å². The fourth-order valence-electron chi connectivity index (χ4n) is 1.66. The Balaban J connectivity index is 3.05. The van der Waals surface area contributed by atoms with Crippen molar-refractivity contribution in [2.75, 3.05) is 0 Å². The lowest BCUT2D eigenvalue weighted by molar-refractivity contribution is -0.435. The van der Waals surface area contributed by atoms with Crippen molar-refractivity contribution in [3.8, 4) is 0 Å². The zero-order valence-corrected chi connectivity index (χ0v) is 12.4. The molecule has 1 unspecified atom stereocenters. The van der Waals surface area contributed by atoms with E-state index in [1.54, 1.807) is 6.92 Å². The van der Waals surface area contributed by atoms with E-state index in [0.29, 0.717) is 10.6 Å². The van der Waals surface area contributed by atoms with E-state index in [1.165, 1.54) is 6.92 Å². The number of carbonyl (C=O) groups is 1. The number of hydrogen-bond acceptors (Lipinski definition) is 3. The number of carbonyl (C=O) groups excluding carboxylic acids is 1. The van der Waals surface area contributed by atoms with Gasteiger partial charge in [0.2, 0.25) is 5.70 Å². The minimum absolute atomic E-state index is 0.119. The number of azo groups is 1. The molecule has 4 heteroatoms. The van der Waals surface area contributed by atoms with Crippen LogP contribution in [0.2, 0.25) is 0 Å². The van der Waals surface area contributed by atoms with E-state index in [2.05, 4.69) is 12.0 Å². The molecule has 0 bridgehead atoms. The van der Waals surface area contributed by atoms with Crippen LogP contribution in [0.4, 0.5) is 0 Å². The molecule has 0 aliphatic rings. The van der Waals surface area contributed by atoms with E-state index in [-0.39, 0.29) is 5.78 Å². The third kappa shape index (κ3) is 4.96. The van der Waals surface area contributed by atoms with Gasteiger partial charge in [0.25, 0.3) is 0 Å². The molecule has 0 radical (unpaired) electrons. The number of hydroxylamine groups is 1. The van der Waals surface area contributed by atoms with Crippen LogP contribution in [0, 0.1) is 5.21 Å². The Morgan fingerprint density at radius 2 is 2.05 bits per heavy atom. The first-order chi connectivity index (χ1) is 9.56. The van der Waals surface area contributed by atoms with Crippen LogP contribution >= 0.6 is 0 Å². The summed E-state index contributed by atoms with van der Waals surface area (Å²) in [4.78, 5) is 11.8. The van der Waals surface area contributed by atoms with Crippen molar-refractivity contribution < 1.29 is 9.66 Å². The Kier molecular flexibility index (Phi) is 6.64. The number of allylic oxidation sites excluding steroid dienone is 1. The van der Waals surface area contributed by atoms with Crippen molar-refractivity contribution in [2.24, 2.45) is 5.11 Å². The first-order valence-corrected chi connectivity index (χ1v) is 7.00. The largest absolute Gasteiger partial charge is 0.594 e. The van der Waals surface area contributed by atoms with Gasteiger partial charge in [-0.25, -0.2) is 0 Å². The van der Waals surface area contributed by atoms with Crippen molar-refractivity contribution in [1.29, 1.82) is 0 Å². The topological polar surface area (TPSA) is 55.5 Å². The Labute approximate surface area is 120 Å². The van der Waals surface area contributed by atoms with Crippen LogP contribution < -0.4 is 0 Å². The molecule has 0 fully saturated rings. The highest BCUT2D eigenvalue weighted by Gasteiger charge is 2.15. The maximum absolute atomic E-state index is 12.2. The smallest absolute Gasteiger partial charge is 0.247 e. The molecule has 1 aromatic carbocycles. The van der Waals surface area contributed by atoms with Crippen LogP contribution in [0.5, 0.6) is 0 Å². The fraction of sp³-hybridized carbons (Fsp3) is 0.438. The van der Waals surface area contributed by atoms with Gasteiger partial charge >= 0.3 is 0 Å². The summed E-state index contributed by atoms with van der Waals surface area (Å²) in [7, 11) is 0. The minimum Gasteiger partial charge on any atom is -0.594 e. The van der Waals surface area contributed by atoms with E-state index >= 15 is 0 Å². The number of unbranched alkanes of at least 4 members (excludes halogenated alkanes) is 2. The average molecular weight is 274 g/mol. The van der Waals surface area contributed by atoms with Crippen LogP contribution in [0.25, 0.3) is 5.70 Å². The van der Waals surface area contributed by atoms with E-state index < -0.39 is 6.04 Å². The minimum atomic E-state index is -0.620. The third-order valence-electron chi connectivity index (χ3n) is 3.04. The highest BCUT2D eigenvalue weighted by atomic mass is 16.5. The highest BCUT2D eigenvalue weighted by molar-refractivity contribution is 5.80. The SMILES string of the molecule is CCCCC=C(c1ccccc1)[N+]([O-])=NC(C)C(C)=O. The lowest BCUT2D eigenvalue weighted by atomic mass is 10.1. The maximum atomic E-state index is 12.2. The molecule has 0 saturated carbocycles. The first-order valence-electron chi connectivity index (χ1n) is 7.00. The molecule has 1 atom stereocenters. The summed E-state index contributed by atoms with van der Waals surface area (Å²) < 4.78 is 0. The summed E-state index contributed by atoms with van der Waals surface area (Å²) in [6, 6.07) is 8.78. The maximum Gasteiger partial charge on any atom is 0.247 e. The van der Waals surface area contributed by atoms with E-state index in [4.69, 9.17) is 0 Å². The second-order valence-corrected chi connectivity index (χ2v) is 4.77. The third-order valence-corrected chi connectivity index (χ3v) is 3.04. The lowest BCUT2D eigenvalue weighted by Crippen LogP contribution is -2.14. The summed E-state index contributed by atoms with van der Waals surface area (Å²) in [5.74, 6) is -0.119. The standard InChI is InChI=1S/C16H22N2O2/c1-4-5-7-12-16(15-10-8-6-9-11-15)18(20)17-13(2)14(3)19/h6,8-13H,4-5,7H2,1-3H3. The van der Waals surface area contributed by atoms with Gasteiger partial charge in [0.15, 0.2) is 11.8 Å². The number of rotatable bonds is 7. The molecule has 0 amide bonds. The normalized spacial score (nSPS) is 14.2. The van der Waals surface area contributed by atoms with Gasteiger partial charge < -0.3 is 5.21 Å². The first kappa shape index (κ1) is 16.1. The molecule has 0 spiro atoms.